The number of benzene rings is 1. The summed E-state index contributed by atoms with van der Waals surface area (Å²) in [5, 5.41) is 4.48. The fourth-order valence-electron chi connectivity index (χ4n) is 1.67. The van der Waals surface area contributed by atoms with Crippen molar-refractivity contribution in [1.29, 1.82) is 0 Å². The Bertz CT molecular complexity index is 278. The first-order chi connectivity index (χ1) is 8.36. The predicted octanol–water partition coefficient (Wildman–Crippen LogP) is 4.40. The molecular formula is C12H17ClFIrNP. The van der Waals surface area contributed by atoms with Gasteiger partial charge in [0.15, 0.2) is 0 Å². The number of piperidine rings is 1. The molecule has 0 N–H and O–H groups in total. The van der Waals surface area contributed by atoms with Crippen LogP contribution in [0.4, 0.5) is 4.39 Å². The van der Waals surface area contributed by atoms with Crippen LogP contribution >= 0.6 is 18.8 Å². The molecule has 1 aromatic rings. The summed E-state index contributed by atoms with van der Waals surface area (Å²) in [5.41, 5.74) is 1.03. The molecule has 2 atom stereocenters. The molecule has 0 radical (unpaired) electrons. The minimum atomic E-state index is -0.223. The van der Waals surface area contributed by atoms with Crippen LogP contribution in [0.2, 0.25) is 0 Å². The van der Waals surface area contributed by atoms with Gasteiger partial charge in [-0.2, -0.15) is 17.7 Å². The Morgan fingerprint density at radius 3 is 2.59 bits per heavy atom. The Hall–Kier alpha value is 0.479. The van der Waals surface area contributed by atoms with Crippen LogP contribution in [0, 0.1) is 11.9 Å². The molecule has 98 valence electrons. The van der Waals surface area contributed by atoms with Gasteiger partial charge in [-0.3, -0.25) is 4.39 Å². The molecule has 5 heteroatoms. The minimum absolute atomic E-state index is 0.223. The first kappa shape index (κ1) is 17.5. The molecule has 1 aromatic carbocycles. The van der Waals surface area contributed by atoms with Crippen molar-refractivity contribution in [2.24, 2.45) is 0 Å². The average Bonchev–Trinajstić information content (AvgIpc) is 2.45. The number of halogens is 2. The molecule has 1 aliphatic heterocycles. The van der Waals surface area contributed by atoms with Crippen LogP contribution in [0.25, 0.3) is 5.32 Å². The fourth-order valence-corrected chi connectivity index (χ4v) is 1.67. The summed E-state index contributed by atoms with van der Waals surface area (Å²) in [6.07, 6.45) is 3.50. The number of hydrogen-bond acceptors (Lipinski definition) is 0. The van der Waals surface area contributed by atoms with Gasteiger partial charge in [0.2, 0.25) is 0 Å². The number of hydrogen-bond donors (Lipinski definition) is 0. The van der Waals surface area contributed by atoms with Gasteiger partial charge in [-0.25, -0.2) is 0 Å². The summed E-state index contributed by atoms with van der Waals surface area (Å²) in [6.45, 7) is 2.86. The van der Waals surface area contributed by atoms with E-state index in [4.69, 9.17) is 0 Å². The summed E-state index contributed by atoms with van der Waals surface area (Å²) in [7, 11) is 7.06. The Morgan fingerprint density at radius 1 is 1.41 bits per heavy atom. The van der Waals surface area contributed by atoms with Gasteiger partial charge in [0.25, 0.3) is 0 Å². The van der Waals surface area contributed by atoms with E-state index in [-0.39, 0.29) is 11.9 Å². The van der Waals surface area contributed by atoms with Crippen molar-refractivity contribution in [3.63, 3.8) is 0 Å². The molecule has 0 amide bonds. The topological polar surface area (TPSA) is 14.1 Å². The summed E-state index contributed by atoms with van der Waals surface area (Å²) in [6, 6.07) is 7.85. The SMILES string of the molecule is CP.Fc1c[c-]c(C2CCCC[N-]2)cc1.[Cl][Ir+2]. The van der Waals surface area contributed by atoms with Gasteiger partial charge in [-0.15, -0.1) is 34.0 Å². The van der Waals surface area contributed by atoms with Crippen LogP contribution in [-0.4, -0.2) is 13.2 Å². The van der Waals surface area contributed by atoms with E-state index < -0.39 is 0 Å². The van der Waals surface area contributed by atoms with E-state index >= 15 is 0 Å². The van der Waals surface area contributed by atoms with Gasteiger partial charge in [0.05, 0.1) is 0 Å². The maximum atomic E-state index is 12.6. The molecule has 1 nitrogen and oxygen atoms in total. The third-order valence-electron chi connectivity index (χ3n) is 2.39. The first-order valence-corrected chi connectivity index (χ1v) is 9.52. The second-order valence-corrected chi connectivity index (χ2v) is 3.38. The fraction of sp³-hybridized carbons (Fsp3) is 0.500. The van der Waals surface area contributed by atoms with Crippen molar-refractivity contribution in [1.82, 2.24) is 0 Å². The quantitative estimate of drug-likeness (QED) is 0.443. The molecule has 0 aromatic heterocycles. The Kier molecular flexibility index (Phi) is 11.9. The van der Waals surface area contributed by atoms with Crippen molar-refractivity contribution >= 4 is 18.8 Å². The van der Waals surface area contributed by atoms with E-state index in [1.165, 1.54) is 42.9 Å². The van der Waals surface area contributed by atoms with Crippen molar-refractivity contribution in [2.45, 2.75) is 25.3 Å². The van der Waals surface area contributed by atoms with Gasteiger partial charge >= 0.3 is 27.5 Å². The van der Waals surface area contributed by atoms with E-state index in [0.29, 0.717) is 0 Å². The summed E-state index contributed by atoms with van der Waals surface area (Å²) >= 11 is 1.47. The van der Waals surface area contributed by atoms with Crippen molar-refractivity contribution < 1.29 is 22.3 Å². The second kappa shape index (κ2) is 11.6. The molecule has 1 aliphatic rings. The van der Waals surface area contributed by atoms with E-state index in [9.17, 15) is 4.39 Å². The molecule has 17 heavy (non-hydrogen) atoms. The second-order valence-electron chi connectivity index (χ2n) is 3.38. The molecule has 0 saturated carbocycles. The zero-order valence-electron chi connectivity index (χ0n) is 9.75. The summed E-state index contributed by atoms with van der Waals surface area (Å²) in [5.74, 6) is -0.223. The van der Waals surface area contributed by atoms with Gasteiger partial charge in [0, 0.05) is 5.82 Å². The van der Waals surface area contributed by atoms with Gasteiger partial charge in [-0.05, 0) is 0 Å². The normalized spacial score (nSPS) is 18.3. The molecule has 2 unspecified atom stereocenters. The Morgan fingerprint density at radius 2 is 2.12 bits per heavy atom. The van der Waals surface area contributed by atoms with Crippen LogP contribution in [0.1, 0.15) is 30.9 Å². The van der Waals surface area contributed by atoms with Crippen molar-refractivity contribution in [2.75, 3.05) is 13.2 Å². The molecular weight excluding hydrogens is 436 g/mol. The molecule has 2 rings (SSSR count). The molecule has 1 fully saturated rings. The zero-order chi connectivity index (χ0) is 13.1. The first-order valence-electron chi connectivity index (χ1n) is 5.40. The van der Waals surface area contributed by atoms with Gasteiger partial charge in [-0.1, -0.05) is 25.9 Å². The third-order valence-corrected chi connectivity index (χ3v) is 2.39. The number of nitrogens with zero attached hydrogens (tertiary/aromatic N) is 1. The zero-order valence-corrected chi connectivity index (χ0v) is 14.1. The predicted molar refractivity (Wildman–Crippen MR) is 71.5 cm³/mol. The monoisotopic (exact) mass is 453 g/mol. The van der Waals surface area contributed by atoms with Gasteiger partial charge < -0.3 is 5.32 Å². The molecule has 1 saturated heterocycles. The number of rotatable bonds is 1. The standard InChI is InChI=1S/C11H12FN.CH5P.ClH.Ir/c12-10-6-4-9(5-7-10)11-3-1-2-8-13-11;1-2;;/h4,6-7,11H,1-3,8H2;2H2,1H3;1H;/q-2;;;+3/p-1. The Balaban J connectivity index is 0.000000581. The maximum absolute atomic E-state index is 12.6. The van der Waals surface area contributed by atoms with Gasteiger partial charge in [0.1, 0.15) is 0 Å². The third kappa shape index (κ3) is 6.84. The average molecular weight is 453 g/mol. The molecule has 0 bridgehead atoms. The van der Waals surface area contributed by atoms with Crippen LogP contribution < -0.4 is 0 Å². The van der Waals surface area contributed by atoms with E-state index in [2.05, 4.69) is 30.2 Å². The van der Waals surface area contributed by atoms with Crippen LogP contribution in [0.5, 0.6) is 0 Å². The van der Waals surface area contributed by atoms with Crippen molar-refractivity contribution in [3.05, 3.63) is 41.0 Å². The van der Waals surface area contributed by atoms with Crippen LogP contribution in [-0.2, 0) is 17.9 Å². The van der Waals surface area contributed by atoms with Crippen molar-refractivity contribution in [3.8, 4) is 0 Å². The molecule has 0 spiro atoms. The summed E-state index contributed by atoms with van der Waals surface area (Å²) in [4.78, 5) is 0. The van der Waals surface area contributed by atoms with E-state index in [1.54, 1.807) is 6.07 Å². The molecule has 0 aliphatic carbocycles. The molecule has 1 heterocycles. The van der Waals surface area contributed by atoms with E-state index in [0.717, 1.165) is 18.5 Å². The Labute approximate surface area is 120 Å². The summed E-state index contributed by atoms with van der Waals surface area (Å²) < 4.78 is 12.6. The van der Waals surface area contributed by atoms with E-state index in [1.807, 2.05) is 6.66 Å². The van der Waals surface area contributed by atoms with Crippen LogP contribution in [0.3, 0.4) is 0 Å². The van der Waals surface area contributed by atoms with Crippen LogP contribution in [0.15, 0.2) is 18.2 Å².